The number of aromatic nitrogens is 3. The van der Waals surface area contributed by atoms with Crippen LogP contribution in [0.5, 0.6) is 0 Å². The first kappa shape index (κ1) is 13.7. The van der Waals surface area contributed by atoms with Gasteiger partial charge in [0.05, 0.1) is 12.3 Å². The van der Waals surface area contributed by atoms with Crippen molar-refractivity contribution < 1.29 is 19.4 Å². The number of carboxylic acids is 1. The van der Waals surface area contributed by atoms with E-state index in [1.54, 1.807) is 0 Å². The van der Waals surface area contributed by atoms with Crippen LogP contribution in [0.2, 0.25) is 5.15 Å². The average molecular weight is 286 g/mol. The number of hydrogen-bond acceptors (Lipinski definition) is 5. The molecule has 0 saturated carbocycles. The first-order valence-corrected chi connectivity index (χ1v) is 5.75. The smallest absolute Gasteiger partial charge is 0.339 e. The quantitative estimate of drug-likeness (QED) is 0.894. The number of methoxy groups -OCH3 is 2. The van der Waals surface area contributed by atoms with Gasteiger partial charge in [-0.1, -0.05) is 11.6 Å². The lowest BCUT2D eigenvalue weighted by Crippen LogP contribution is -2.19. The summed E-state index contributed by atoms with van der Waals surface area (Å²) in [6.07, 6.45) is 0.671. The largest absolute Gasteiger partial charge is 0.478 e. The molecule has 8 heteroatoms. The Kier molecular flexibility index (Phi) is 3.98. The maximum Gasteiger partial charge on any atom is 0.339 e. The van der Waals surface area contributed by atoms with Crippen molar-refractivity contribution in [3.05, 3.63) is 28.7 Å². The molecular formula is C11H12ClN3O4. The third-order valence-corrected chi connectivity index (χ3v) is 2.81. The summed E-state index contributed by atoms with van der Waals surface area (Å²) in [6.45, 7) is 0.188. The number of carbonyl (C=O) groups is 1. The zero-order chi connectivity index (χ0) is 14.0. The molecule has 0 spiro atoms. The summed E-state index contributed by atoms with van der Waals surface area (Å²) >= 11 is 5.82. The molecule has 0 aliphatic rings. The van der Waals surface area contributed by atoms with Crippen LogP contribution in [-0.4, -0.2) is 46.5 Å². The van der Waals surface area contributed by atoms with Crippen LogP contribution in [0.1, 0.15) is 22.2 Å². The summed E-state index contributed by atoms with van der Waals surface area (Å²) in [6, 6.07) is 1.54. The molecule has 2 rings (SSSR count). The number of nitrogens with zero attached hydrogens (tertiary/aromatic N) is 3. The number of ether oxygens (including phenoxy) is 2. The third-order valence-electron chi connectivity index (χ3n) is 2.63. The predicted molar refractivity (Wildman–Crippen MR) is 66.6 cm³/mol. The van der Waals surface area contributed by atoms with Crippen molar-refractivity contribution in [2.75, 3.05) is 20.8 Å². The van der Waals surface area contributed by atoms with E-state index in [1.165, 1.54) is 31.0 Å². The van der Waals surface area contributed by atoms with Crippen molar-refractivity contribution in [3.63, 3.8) is 0 Å². The van der Waals surface area contributed by atoms with Gasteiger partial charge in [0.2, 0.25) is 0 Å². The molecule has 0 aromatic carbocycles. The van der Waals surface area contributed by atoms with E-state index in [9.17, 15) is 9.90 Å². The van der Waals surface area contributed by atoms with Crippen LogP contribution < -0.4 is 0 Å². The van der Waals surface area contributed by atoms with E-state index < -0.39 is 12.1 Å². The lowest BCUT2D eigenvalue weighted by Gasteiger charge is -2.17. The Balaban J connectivity index is 2.70. The molecule has 0 saturated heterocycles. The van der Waals surface area contributed by atoms with Crippen LogP contribution in [-0.2, 0) is 9.47 Å². The molecule has 0 fully saturated rings. The Hall–Kier alpha value is -1.70. The normalized spacial score (nSPS) is 12.8. The fourth-order valence-corrected chi connectivity index (χ4v) is 1.98. The molecule has 0 amide bonds. The zero-order valence-electron chi connectivity index (χ0n) is 10.3. The average Bonchev–Trinajstić information content (AvgIpc) is 2.75. The Morgan fingerprint density at radius 3 is 2.89 bits per heavy atom. The standard InChI is InChI=1S/C11H12ClN3O4/c1-18-5-7(19-2)10-6(11(16)17)4-13-9-3-8(12)14-15(9)10/h3-4,7H,5H2,1-2H3,(H,16,17). The predicted octanol–water partition coefficient (Wildman–Crippen LogP) is 1.41. The molecule has 7 nitrogen and oxygen atoms in total. The van der Waals surface area contributed by atoms with Gasteiger partial charge in [0, 0.05) is 26.5 Å². The molecule has 1 atom stereocenters. The Morgan fingerprint density at radius 2 is 2.32 bits per heavy atom. The van der Waals surface area contributed by atoms with Crippen LogP contribution in [0.3, 0.4) is 0 Å². The topological polar surface area (TPSA) is 86.0 Å². The van der Waals surface area contributed by atoms with Crippen LogP contribution in [0.15, 0.2) is 12.3 Å². The highest BCUT2D eigenvalue weighted by atomic mass is 35.5. The highest BCUT2D eigenvalue weighted by Gasteiger charge is 2.24. The second-order valence-corrected chi connectivity index (χ2v) is 4.17. The molecule has 1 unspecified atom stereocenters. The highest BCUT2D eigenvalue weighted by molar-refractivity contribution is 6.29. The molecule has 2 heterocycles. The maximum absolute atomic E-state index is 11.3. The van der Waals surface area contributed by atoms with Crippen LogP contribution in [0, 0.1) is 0 Å². The van der Waals surface area contributed by atoms with E-state index in [1.807, 2.05) is 0 Å². The minimum Gasteiger partial charge on any atom is -0.478 e. The summed E-state index contributed by atoms with van der Waals surface area (Å²) in [4.78, 5) is 15.3. The molecule has 19 heavy (non-hydrogen) atoms. The number of rotatable bonds is 5. The fraction of sp³-hybridized carbons (Fsp3) is 0.364. The van der Waals surface area contributed by atoms with Crippen molar-refractivity contribution in [1.82, 2.24) is 14.6 Å². The molecule has 1 N–H and O–H groups in total. The summed E-state index contributed by atoms with van der Waals surface area (Å²) < 4.78 is 11.7. The molecule has 102 valence electrons. The van der Waals surface area contributed by atoms with E-state index in [0.29, 0.717) is 11.3 Å². The van der Waals surface area contributed by atoms with Crippen molar-refractivity contribution in [2.24, 2.45) is 0 Å². The summed E-state index contributed by atoms with van der Waals surface area (Å²) in [5.74, 6) is -1.12. The van der Waals surface area contributed by atoms with Crippen molar-refractivity contribution in [1.29, 1.82) is 0 Å². The van der Waals surface area contributed by atoms with Crippen LogP contribution in [0.25, 0.3) is 5.65 Å². The molecule has 0 radical (unpaired) electrons. The van der Waals surface area contributed by atoms with Gasteiger partial charge in [0.1, 0.15) is 11.7 Å². The molecule has 0 bridgehead atoms. The van der Waals surface area contributed by atoms with E-state index in [-0.39, 0.29) is 17.3 Å². The number of aromatic carboxylic acids is 1. The zero-order valence-corrected chi connectivity index (χ0v) is 11.1. The van der Waals surface area contributed by atoms with Gasteiger partial charge in [-0.2, -0.15) is 5.10 Å². The first-order chi connectivity index (χ1) is 9.08. The minimum atomic E-state index is -1.12. The lowest BCUT2D eigenvalue weighted by molar-refractivity contribution is 0.0223. The minimum absolute atomic E-state index is 0.00355. The Morgan fingerprint density at radius 1 is 1.58 bits per heavy atom. The van der Waals surface area contributed by atoms with Gasteiger partial charge in [-0.3, -0.25) is 0 Å². The molecule has 2 aromatic rings. The summed E-state index contributed by atoms with van der Waals surface area (Å²) in [5.41, 5.74) is 0.785. The summed E-state index contributed by atoms with van der Waals surface area (Å²) in [5, 5.41) is 13.5. The summed E-state index contributed by atoms with van der Waals surface area (Å²) in [7, 11) is 2.97. The Bertz CT molecular complexity index is 613. The first-order valence-electron chi connectivity index (χ1n) is 5.37. The maximum atomic E-state index is 11.3. The number of fused-ring (bicyclic) bond motifs is 1. The van der Waals surface area contributed by atoms with Crippen LogP contribution in [0.4, 0.5) is 0 Å². The van der Waals surface area contributed by atoms with Gasteiger partial charge in [0.25, 0.3) is 0 Å². The van der Waals surface area contributed by atoms with Gasteiger partial charge >= 0.3 is 5.97 Å². The molecule has 0 aliphatic heterocycles. The lowest BCUT2D eigenvalue weighted by atomic mass is 10.1. The monoisotopic (exact) mass is 285 g/mol. The highest BCUT2D eigenvalue weighted by Crippen LogP contribution is 2.23. The van der Waals surface area contributed by atoms with Gasteiger partial charge in [-0.15, -0.1) is 0 Å². The van der Waals surface area contributed by atoms with E-state index >= 15 is 0 Å². The van der Waals surface area contributed by atoms with Crippen molar-refractivity contribution in [3.8, 4) is 0 Å². The van der Waals surface area contributed by atoms with Crippen molar-refractivity contribution >= 4 is 23.2 Å². The van der Waals surface area contributed by atoms with Crippen molar-refractivity contribution in [2.45, 2.75) is 6.10 Å². The molecule has 0 aliphatic carbocycles. The van der Waals surface area contributed by atoms with Gasteiger partial charge in [-0.05, 0) is 0 Å². The number of carboxylic acid groups (broad SMARTS) is 1. The second kappa shape index (κ2) is 5.52. The second-order valence-electron chi connectivity index (χ2n) is 3.78. The SMILES string of the molecule is COCC(OC)c1c(C(=O)O)cnc2cc(Cl)nn12. The van der Waals surface area contributed by atoms with E-state index in [2.05, 4.69) is 10.1 Å². The van der Waals surface area contributed by atoms with Gasteiger partial charge < -0.3 is 14.6 Å². The molecule has 2 aromatic heterocycles. The number of halogens is 1. The Labute approximate surface area is 113 Å². The van der Waals surface area contributed by atoms with Gasteiger partial charge in [-0.25, -0.2) is 14.3 Å². The van der Waals surface area contributed by atoms with Crippen LogP contribution >= 0.6 is 11.6 Å². The van der Waals surface area contributed by atoms with Gasteiger partial charge in [0.15, 0.2) is 10.8 Å². The molecular weight excluding hydrogens is 274 g/mol. The third kappa shape index (κ3) is 2.53. The van der Waals surface area contributed by atoms with E-state index in [4.69, 9.17) is 21.1 Å². The fourth-order valence-electron chi connectivity index (χ4n) is 1.81. The number of hydrogen-bond donors (Lipinski definition) is 1. The van der Waals surface area contributed by atoms with E-state index in [0.717, 1.165) is 0 Å².